The topological polar surface area (TPSA) is 91.4 Å². The Kier molecular flexibility index (Phi) is 7.26. The van der Waals surface area contributed by atoms with E-state index >= 15 is 0 Å². The van der Waals surface area contributed by atoms with Gasteiger partial charge in [-0.1, -0.05) is 23.7 Å². The lowest BCUT2D eigenvalue weighted by molar-refractivity contribution is -0.122. The number of nitrogens with zero attached hydrogens (tertiary/aromatic N) is 4. The third kappa shape index (κ3) is 5.60. The number of anilines is 1. The van der Waals surface area contributed by atoms with E-state index < -0.39 is 18.3 Å². The summed E-state index contributed by atoms with van der Waals surface area (Å²) in [6, 6.07) is 10.8. The standard InChI is InChI=1S/C25H21ClF3N5O3S/c26-17-3-1-15(2-4-17)12-37-24(36)33-9-7-16(8-10-33)22-32-21(13-38-22)23(35)34(25(27,28)29)18-5-6-19-20(11-18)31-14-30-19/h1-6,11,13-14,16H,7-10,12H2,(H,30,31). The van der Waals surface area contributed by atoms with Gasteiger partial charge in [0.05, 0.1) is 28.1 Å². The Morgan fingerprint density at radius 1 is 1.16 bits per heavy atom. The molecule has 0 unspecified atom stereocenters. The zero-order valence-electron chi connectivity index (χ0n) is 19.7. The summed E-state index contributed by atoms with van der Waals surface area (Å²) >= 11 is 7.01. The summed E-state index contributed by atoms with van der Waals surface area (Å²) in [6.45, 7) is 0.939. The molecule has 2 aromatic heterocycles. The highest BCUT2D eigenvalue weighted by Crippen LogP contribution is 2.34. The minimum Gasteiger partial charge on any atom is -0.445 e. The number of carbonyl (C=O) groups is 2. The van der Waals surface area contributed by atoms with Crippen LogP contribution in [0.4, 0.5) is 23.7 Å². The fourth-order valence-corrected chi connectivity index (χ4v) is 5.35. The Labute approximate surface area is 224 Å². The number of rotatable bonds is 5. The molecule has 13 heteroatoms. The first-order chi connectivity index (χ1) is 18.2. The van der Waals surface area contributed by atoms with Gasteiger partial charge in [-0.25, -0.2) is 19.7 Å². The molecule has 3 heterocycles. The van der Waals surface area contributed by atoms with Crippen LogP contribution in [0.1, 0.15) is 39.8 Å². The minimum absolute atomic E-state index is 0.0810. The number of aromatic amines is 1. The first kappa shape index (κ1) is 26.0. The quantitative estimate of drug-likeness (QED) is 0.285. The number of likely N-dealkylation sites (tertiary alicyclic amines) is 1. The van der Waals surface area contributed by atoms with Crippen LogP contribution in [0.25, 0.3) is 11.0 Å². The van der Waals surface area contributed by atoms with E-state index in [0.29, 0.717) is 47.0 Å². The number of ether oxygens (including phenoxy) is 1. The van der Waals surface area contributed by atoms with Gasteiger partial charge >= 0.3 is 12.4 Å². The van der Waals surface area contributed by atoms with E-state index in [0.717, 1.165) is 16.9 Å². The summed E-state index contributed by atoms with van der Waals surface area (Å²) in [6.07, 6.45) is -2.92. The summed E-state index contributed by atoms with van der Waals surface area (Å²) in [7, 11) is 0. The number of H-pyrrole nitrogens is 1. The van der Waals surface area contributed by atoms with Crippen LogP contribution in [-0.4, -0.2) is 51.2 Å². The molecule has 5 rings (SSSR count). The fraction of sp³-hybridized carbons (Fsp3) is 0.280. The number of hydrogen-bond acceptors (Lipinski definition) is 6. The minimum atomic E-state index is -4.95. The molecule has 1 aliphatic rings. The number of thiazole rings is 1. The molecule has 1 fully saturated rings. The van der Waals surface area contributed by atoms with Gasteiger partial charge in [0.2, 0.25) is 0 Å². The van der Waals surface area contributed by atoms with Gasteiger partial charge in [-0.15, -0.1) is 24.5 Å². The number of amides is 2. The molecule has 2 aromatic carbocycles. The van der Waals surface area contributed by atoms with Crippen molar-refractivity contribution in [1.29, 1.82) is 0 Å². The Balaban J connectivity index is 1.22. The molecular weight excluding hydrogens is 543 g/mol. The normalized spacial score (nSPS) is 14.6. The molecule has 0 atom stereocenters. The van der Waals surface area contributed by atoms with E-state index in [1.807, 2.05) is 0 Å². The average Bonchev–Trinajstić information content (AvgIpc) is 3.57. The summed E-state index contributed by atoms with van der Waals surface area (Å²) in [4.78, 5) is 37.8. The number of halogens is 4. The number of imidazole rings is 1. The monoisotopic (exact) mass is 563 g/mol. The number of fused-ring (bicyclic) bond motifs is 1. The van der Waals surface area contributed by atoms with Crippen molar-refractivity contribution in [3.8, 4) is 0 Å². The Morgan fingerprint density at radius 3 is 2.61 bits per heavy atom. The Hall–Kier alpha value is -3.64. The van der Waals surface area contributed by atoms with Crippen LogP contribution in [0.2, 0.25) is 5.02 Å². The van der Waals surface area contributed by atoms with Crippen LogP contribution >= 0.6 is 22.9 Å². The lowest BCUT2D eigenvalue weighted by atomic mass is 9.98. The molecule has 198 valence electrons. The van der Waals surface area contributed by atoms with Gasteiger partial charge < -0.3 is 14.6 Å². The molecule has 8 nitrogen and oxygen atoms in total. The molecule has 1 saturated heterocycles. The predicted octanol–water partition coefficient (Wildman–Crippen LogP) is 6.36. The van der Waals surface area contributed by atoms with E-state index in [4.69, 9.17) is 16.3 Å². The molecule has 0 spiro atoms. The smallest absolute Gasteiger partial charge is 0.445 e. The maximum Gasteiger partial charge on any atom is 0.491 e. The van der Waals surface area contributed by atoms with Crippen molar-refractivity contribution in [3.63, 3.8) is 0 Å². The summed E-state index contributed by atoms with van der Waals surface area (Å²) in [5.74, 6) is -1.34. The number of carbonyl (C=O) groups excluding carboxylic acids is 2. The highest BCUT2D eigenvalue weighted by atomic mass is 35.5. The van der Waals surface area contributed by atoms with Crippen molar-refractivity contribution in [2.24, 2.45) is 0 Å². The number of benzene rings is 2. The predicted molar refractivity (Wildman–Crippen MR) is 136 cm³/mol. The average molecular weight is 564 g/mol. The molecule has 4 aromatic rings. The second-order valence-electron chi connectivity index (χ2n) is 8.73. The van der Waals surface area contributed by atoms with Crippen LogP contribution in [-0.2, 0) is 11.3 Å². The summed E-state index contributed by atoms with van der Waals surface area (Å²) in [5.41, 5.74) is 1.06. The zero-order valence-corrected chi connectivity index (χ0v) is 21.3. The first-order valence-electron chi connectivity index (χ1n) is 11.6. The number of hydrogen-bond donors (Lipinski definition) is 1. The number of nitrogens with one attached hydrogen (secondary N) is 1. The van der Waals surface area contributed by atoms with Gasteiger partial charge in [-0.05, 0) is 48.7 Å². The second kappa shape index (κ2) is 10.6. The summed E-state index contributed by atoms with van der Waals surface area (Å²) in [5, 5.41) is 2.50. The van der Waals surface area contributed by atoms with Crippen LogP contribution in [0, 0.1) is 0 Å². The van der Waals surface area contributed by atoms with Crippen LogP contribution in [0.3, 0.4) is 0 Å². The molecule has 0 aliphatic carbocycles. The third-order valence-electron chi connectivity index (χ3n) is 6.24. The van der Waals surface area contributed by atoms with Crippen molar-refractivity contribution in [3.05, 3.63) is 75.5 Å². The van der Waals surface area contributed by atoms with Gasteiger partial charge in [-0.2, -0.15) is 0 Å². The summed E-state index contributed by atoms with van der Waals surface area (Å²) < 4.78 is 47.2. The van der Waals surface area contributed by atoms with E-state index in [-0.39, 0.29) is 28.8 Å². The van der Waals surface area contributed by atoms with Crippen LogP contribution < -0.4 is 4.90 Å². The number of aromatic nitrogens is 3. The van der Waals surface area contributed by atoms with Crippen molar-refractivity contribution < 1.29 is 27.5 Å². The van der Waals surface area contributed by atoms with Gasteiger partial charge in [-0.3, -0.25) is 4.79 Å². The van der Waals surface area contributed by atoms with E-state index in [1.54, 1.807) is 29.2 Å². The SMILES string of the molecule is O=C(OCc1ccc(Cl)cc1)N1CCC(c2nc(C(=O)N(c3ccc4nc[nH]c4c3)C(F)(F)F)cs2)CC1. The lowest BCUT2D eigenvalue weighted by Crippen LogP contribution is -2.43. The van der Waals surface area contributed by atoms with Crippen molar-refractivity contribution in [2.75, 3.05) is 18.0 Å². The Morgan fingerprint density at radius 2 is 1.89 bits per heavy atom. The second-order valence-corrected chi connectivity index (χ2v) is 10.1. The molecule has 1 N–H and O–H groups in total. The zero-order chi connectivity index (χ0) is 26.9. The highest BCUT2D eigenvalue weighted by molar-refractivity contribution is 7.10. The maximum absolute atomic E-state index is 13.9. The molecule has 0 saturated carbocycles. The maximum atomic E-state index is 13.9. The first-order valence-corrected chi connectivity index (χ1v) is 12.9. The Bertz CT molecular complexity index is 1450. The van der Waals surface area contributed by atoms with Gasteiger partial charge in [0, 0.05) is 29.4 Å². The van der Waals surface area contributed by atoms with Gasteiger partial charge in [0.25, 0.3) is 5.91 Å². The van der Waals surface area contributed by atoms with Crippen molar-refractivity contribution >= 4 is 51.7 Å². The molecule has 1 aliphatic heterocycles. The molecule has 0 bridgehead atoms. The molecule has 0 radical (unpaired) electrons. The number of alkyl halides is 3. The lowest BCUT2D eigenvalue weighted by Gasteiger charge is -2.30. The molecule has 2 amide bonds. The van der Waals surface area contributed by atoms with Crippen LogP contribution in [0.5, 0.6) is 0 Å². The third-order valence-corrected chi connectivity index (χ3v) is 7.50. The van der Waals surface area contributed by atoms with E-state index in [9.17, 15) is 22.8 Å². The largest absolute Gasteiger partial charge is 0.491 e. The molecule has 38 heavy (non-hydrogen) atoms. The van der Waals surface area contributed by atoms with Crippen molar-refractivity contribution in [1.82, 2.24) is 19.9 Å². The van der Waals surface area contributed by atoms with Crippen LogP contribution in [0.15, 0.2) is 54.2 Å². The molecular formula is C25H21ClF3N5O3S. The van der Waals surface area contributed by atoms with Gasteiger partial charge in [0.1, 0.15) is 12.3 Å². The van der Waals surface area contributed by atoms with Crippen molar-refractivity contribution in [2.45, 2.75) is 31.7 Å². The fourth-order valence-electron chi connectivity index (χ4n) is 4.26. The number of piperidine rings is 1. The highest BCUT2D eigenvalue weighted by Gasteiger charge is 2.43. The van der Waals surface area contributed by atoms with E-state index in [1.165, 1.54) is 29.9 Å². The van der Waals surface area contributed by atoms with E-state index in [2.05, 4.69) is 15.0 Å². The van der Waals surface area contributed by atoms with Gasteiger partial charge in [0.15, 0.2) is 0 Å².